The molecule has 1 N–H and O–H groups in total. The van der Waals surface area contributed by atoms with E-state index in [1.807, 2.05) is 30.3 Å². The molecule has 0 amide bonds. The molecule has 1 aliphatic heterocycles. The number of hydrogen-bond acceptors (Lipinski definition) is 4. The van der Waals surface area contributed by atoms with Crippen molar-refractivity contribution in [3.63, 3.8) is 0 Å². The summed E-state index contributed by atoms with van der Waals surface area (Å²) in [4.78, 5) is 7.12. The number of imidazole rings is 1. The SMILES string of the molecule is CCc1cn(-c2ccccc2)c(OCC2CCN(Cc3cccc(O)c3)CC2)n1. The molecular formula is C24H29N3O2. The van der Waals surface area contributed by atoms with Crippen LogP contribution in [0.4, 0.5) is 0 Å². The van der Waals surface area contributed by atoms with E-state index in [0.717, 1.165) is 55.8 Å². The van der Waals surface area contributed by atoms with Crippen LogP contribution >= 0.6 is 0 Å². The number of phenols is 1. The van der Waals surface area contributed by atoms with E-state index in [1.165, 1.54) is 0 Å². The number of benzene rings is 2. The van der Waals surface area contributed by atoms with Crippen LogP contribution < -0.4 is 4.74 Å². The summed E-state index contributed by atoms with van der Waals surface area (Å²) < 4.78 is 8.23. The average molecular weight is 392 g/mol. The summed E-state index contributed by atoms with van der Waals surface area (Å²) in [5.74, 6) is 0.882. The summed E-state index contributed by atoms with van der Waals surface area (Å²) in [6, 6.07) is 18.5. The number of hydrogen-bond donors (Lipinski definition) is 1. The molecule has 2 aromatic carbocycles. The molecule has 1 fully saturated rings. The molecule has 5 heteroatoms. The molecule has 1 aliphatic rings. The number of phenolic OH excluding ortho intramolecular Hbond substituents is 1. The molecule has 4 rings (SSSR count). The van der Waals surface area contributed by atoms with Crippen molar-refractivity contribution in [1.29, 1.82) is 0 Å². The van der Waals surface area contributed by atoms with Gasteiger partial charge in [0.1, 0.15) is 5.75 Å². The minimum Gasteiger partial charge on any atom is -0.508 e. The summed E-state index contributed by atoms with van der Waals surface area (Å²) in [6.07, 6.45) is 5.20. The van der Waals surface area contributed by atoms with Crippen molar-refractivity contribution in [3.8, 4) is 17.4 Å². The Morgan fingerprint density at radius 1 is 1.07 bits per heavy atom. The number of nitrogens with zero attached hydrogens (tertiary/aromatic N) is 3. The van der Waals surface area contributed by atoms with E-state index < -0.39 is 0 Å². The first-order chi connectivity index (χ1) is 14.2. The van der Waals surface area contributed by atoms with Crippen LogP contribution in [0.25, 0.3) is 5.69 Å². The van der Waals surface area contributed by atoms with Gasteiger partial charge in [0.2, 0.25) is 0 Å². The third kappa shape index (κ3) is 4.98. The minimum atomic E-state index is 0.339. The zero-order chi connectivity index (χ0) is 20.1. The maximum Gasteiger partial charge on any atom is 0.301 e. The van der Waals surface area contributed by atoms with E-state index in [0.29, 0.717) is 24.3 Å². The maximum atomic E-state index is 9.64. The number of piperidine rings is 1. The third-order valence-corrected chi connectivity index (χ3v) is 5.59. The van der Waals surface area contributed by atoms with Crippen LogP contribution in [0.2, 0.25) is 0 Å². The third-order valence-electron chi connectivity index (χ3n) is 5.59. The summed E-state index contributed by atoms with van der Waals surface area (Å²) in [5, 5.41) is 9.64. The summed E-state index contributed by atoms with van der Waals surface area (Å²) >= 11 is 0. The van der Waals surface area contributed by atoms with Crippen molar-refractivity contribution < 1.29 is 9.84 Å². The monoisotopic (exact) mass is 391 g/mol. The Kier molecular flexibility index (Phi) is 6.15. The molecule has 0 bridgehead atoms. The molecule has 0 radical (unpaired) electrons. The number of ether oxygens (including phenoxy) is 1. The highest BCUT2D eigenvalue weighted by Gasteiger charge is 2.21. The van der Waals surface area contributed by atoms with Crippen molar-refractivity contribution in [2.45, 2.75) is 32.7 Å². The van der Waals surface area contributed by atoms with Crippen LogP contribution in [0, 0.1) is 5.92 Å². The topological polar surface area (TPSA) is 50.5 Å². The fraction of sp³-hybridized carbons (Fsp3) is 0.375. The second kappa shape index (κ2) is 9.14. The molecule has 0 aliphatic carbocycles. The lowest BCUT2D eigenvalue weighted by Crippen LogP contribution is -2.35. The van der Waals surface area contributed by atoms with Crippen LogP contribution in [0.1, 0.15) is 31.0 Å². The van der Waals surface area contributed by atoms with E-state index in [4.69, 9.17) is 4.74 Å². The lowest BCUT2D eigenvalue weighted by Gasteiger charge is -2.31. The molecule has 29 heavy (non-hydrogen) atoms. The van der Waals surface area contributed by atoms with E-state index >= 15 is 0 Å². The fourth-order valence-electron chi connectivity index (χ4n) is 3.87. The molecule has 3 aromatic rings. The molecule has 2 heterocycles. The van der Waals surface area contributed by atoms with Crippen molar-refractivity contribution in [3.05, 3.63) is 72.1 Å². The van der Waals surface area contributed by atoms with Gasteiger partial charge in [0.15, 0.2) is 0 Å². The molecule has 0 spiro atoms. The van der Waals surface area contributed by atoms with Gasteiger partial charge in [0, 0.05) is 12.7 Å². The quantitative estimate of drug-likeness (QED) is 0.647. The molecule has 0 saturated carbocycles. The van der Waals surface area contributed by atoms with E-state index in [1.54, 1.807) is 6.07 Å². The first kappa shape index (κ1) is 19.5. The summed E-state index contributed by atoms with van der Waals surface area (Å²) in [6.45, 7) is 5.81. The van der Waals surface area contributed by atoms with Gasteiger partial charge < -0.3 is 9.84 Å². The molecule has 152 valence electrons. The van der Waals surface area contributed by atoms with Crippen molar-refractivity contribution in [1.82, 2.24) is 14.5 Å². The van der Waals surface area contributed by atoms with E-state index in [9.17, 15) is 5.11 Å². The number of para-hydroxylation sites is 1. The lowest BCUT2D eigenvalue weighted by atomic mass is 9.97. The molecular weight excluding hydrogens is 362 g/mol. The van der Waals surface area contributed by atoms with Gasteiger partial charge in [-0.15, -0.1) is 0 Å². The Hall–Kier alpha value is -2.79. The Morgan fingerprint density at radius 2 is 1.86 bits per heavy atom. The second-order valence-corrected chi connectivity index (χ2v) is 7.77. The Morgan fingerprint density at radius 3 is 2.59 bits per heavy atom. The first-order valence-electron chi connectivity index (χ1n) is 10.5. The van der Waals surface area contributed by atoms with Gasteiger partial charge in [-0.2, -0.15) is 0 Å². The van der Waals surface area contributed by atoms with Crippen molar-refractivity contribution in [2.75, 3.05) is 19.7 Å². The highest BCUT2D eigenvalue weighted by molar-refractivity contribution is 5.35. The Labute approximate surface area is 172 Å². The molecule has 1 saturated heterocycles. The predicted octanol–water partition coefficient (Wildman–Crippen LogP) is 4.43. The number of likely N-dealkylation sites (tertiary alicyclic amines) is 1. The van der Waals surface area contributed by atoms with Gasteiger partial charge in [-0.3, -0.25) is 9.47 Å². The van der Waals surface area contributed by atoms with Gasteiger partial charge in [-0.05, 0) is 68.1 Å². The van der Waals surface area contributed by atoms with E-state index in [-0.39, 0.29) is 0 Å². The lowest BCUT2D eigenvalue weighted by molar-refractivity contribution is 0.131. The van der Waals surface area contributed by atoms with Crippen LogP contribution in [-0.2, 0) is 13.0 Å². The van der Waals surface area contributed by atoms with Crippen LogP contribution in [-0.4, -0.2) is 39.3 Å². The summed E-state index contributed by atoms with van der Waals surface area (Å²) in [5.41, 5.74) is 3.29. The van der Waals surface area contributed by atoms with Crippen molar-refractivity contribution in [2.24, 2.45) is 5.92 Å². The smallest absolute Gasteiger partial charge is 0.301 e. The number of aromatic hydroxyl groups is 1. The normalized spacial score (nSPS) is 15.5. The highest BCUT2D eigenvalue weighted by Crippen LogP contribution is 2.23. The van der Waals surface area contributed by atoms with Crippen molar-refractivity contribution >= 4 is 0 Å². The van der Waals surface area contributed by atoms with Gasteiger partial charge in [-0.25, -0.2) is 4.98 Å². The second-order valence-electron chi connectivity index (χ2n) is 7.77. The van der Waals surface area contributed by atoms with Gasteiger partial charge in [-0.1, -0.05) is 37.3 Å². The zero-order valence-electron chi connectivity index (χ0n) is 17.0. The van der Waals surface area contributed by atoms with Gasteiger partial charge in [0.05, 0.1) is 18.0 Å². The highest BCUT2D eigenvalue weighted by atomic mass is 16.5. The fourth-order valence-corrected chi connectivity index (χ4v) is 3.87. The molecule has 0 atom stereocenters. The largest absolute Gasteiger partial charge is 0.508 e. The Balaban J connectivity index is 1.32. The number of aromatic nitrogens is 2. The Bertz CT molecular complexity index is 915. The zero-order valence-corrected chi connectivity index (χ0v) is 17.0. The standard InChI is InChI=1S/C24H29N3O2/c1-2-21-17-27(22-8-4-3-5-9-22)24(25-21)29-18-19-11-13-26(14-12-19)16-20-7-6-10-23(28)15-20/h3-10,15,17,19,28H,2,11-14,16,18H2,1H3. The van der Waals surface area contributed by atoms with Gasteiger partial charge >= 0.3 is 6.01 Å². The molecule has 0 unspecified atom stereocenters. The number of aryl methyl sites for hydroxylation is 1. The first-order valence-corrected chi connectivity index (χ1v) is 10.5. The molecule has 1 aromatic heterocycles. The van der Waals surface area contributed by atoms with Gasteiger partial charge in [0.25, 0.3) is 0 Å². The number of rotatable bonds is 7. The predicted molar refractivity (Wildman–Crippen MR) is 115 cm³/mol. The van der Waals surface area contributed by atoms with Crippen LogP contribution in [0.3, 0.4) is 0 Å². The molecule has 5 nitrogen and oxygen atoms in total. The van der Waals surface area contributed by atoms with Crippen LogP contribution in [0.15, 0.2) is 60.8 Å². The summed E-state index contributed by atoms with van der Waals surface area (Å²) in [7, 11) is 0. The average Bonchev–Trinajstić information content (AvgIpc) is 3.17. The van der Waals surface area contributed by atoms with E-state index in [2.05, 4.69) is 45.8 Å². The van der Waals surface area contributed by atoms with Crippen LogP contribution in [0.5, 0.6) is 11.8 Å². The minimum absolute atomic E-state index is 0.339. The maximum absolute atomic E-state index is 9.64.